The fraction of sp³-hybridized carbons (Fsp3) is 0.412. The van der Waals surface area contributed by atoms with Gasteiger partial charge < -0.3 is 15.7 Å². The molecule has 1 saturated heterocycles. The summed E-state index contributed by atoms with van der Waals surface area (Å²) in [6.07, 6.45) is 0. The maximum Gasteiger partial charge on any atom is 0.262 e. The highest BCUT2D eigenvalue weighted by atomic mass is 32.2. The highest BCUT2D eigenvalue weighted by Crippen LogP contribution is 2.24. The van der Waals surface area contributed by atoms with E-state index in [1.54, 1.807) is 13.8 Å². The van der Waals surface area contributed by atoms with Crippen LogP contribution in [0.4, 0.5) is 11.5 Å². The zero-order valence-electron chi connectivity index (χ0n) is 14.8. The molecular weight excluding hydrogens is 354 g/mol. The van der Waals surface area contributed by atoms with Gasteiger partial charge in [-0.15, -0.1) is 10.2 Å². The summed E-state index contributed by atoms with van der Waals surface area (Å²) in [5.41, 5.74) is 6.42. The van der Waals surface area contributed by atoms with Gasteiger partial charge in [0.15, 0.2) is 5.03 Å². The highest BCUT2D eigenvalue weighted by Gasteiger charge is 2.30. The van der Waals surface area contributed by atoms with E-state index in [-0.39, 0.29) is 10.8 Å². The first-order valence-corrected chi connectivity index (χ1v) is 9.79. The van der Waals surface area contributed by atoms with Crippen molar-refractivity contribution in [3.8, 4) is 0 Å². The van der Waals surface area contributed by atoms with Gasteiger partial charge in [0.05, 0.1) is 5.60 Å². The second-order valence-electron chi connectivity index (χ2n) is 6.79. The SMILES string of the molecule is CC(C)(O)c1ccc(N2CCN(S(=O)(=O)c3ccc(N)nn3)CC2)cc1. The average Bonchev–Trinajstić information content (AvgIpc) is 2.62. The third-order valence-electron chi connectivity index (χ3n) is 4.44. The van der Waals surface area contributed by atoms with Gasteiger partial charge in [-0.25, -0.2) is 8.42 Å². The molecule has 0 bridgehead atoms. The minimum absolute atomic E-state index is 0.0883. The average molecular weight is 377 g/mol. The minimum Gasteiger partial charge on any atom is -0.386 e. The first-order valence-electron chi connectivity index (χ1n) is 8.35. The number of nitrogens with two attached hydrogens (primary N) is 1. The van der Waals surface area contributed by atoms with Crippen LogP contribution in [-0.2, 0) is 15.6 Å². The Labute approximate surface area is 153 Å². The minimum atomic E-state index is -3.67. The molecule has 1 aliphatic heterocycles. The molecule has 140 valence electrons. The molecule has 1 aromatic heterocycles. The molecule has 3 N–H and O–H groups in total. The summed E-state index contributed by atoms with van der Waals surface area (Å²) in [5, 5.41) is 17.3. The molecular formula is C17H23N5O3S. The molecule has 0 radical (unpaired) electrons. The van der Waals surface area contributed by atoms with Gasteiger partial charge in [0.25, 0.3) is 10.0 Å². The number of benzene rings is 1. The zero-order valence-corrected chi connectivity index (χ0v) is 15.6. The van der Waals surface area contributed by atoms with Crippen molar-refractivity contribution in [2.75, 3.05) is 36.8 Å². The maximum atomic E-state index is 12.6. The third kappa shape index (κ3) is 3.79. The molecule has 9 heteroatoms. The van der Waals surface area contributed by atoms with Crippen molar-refractivity contribution in [3.05, 3.63) is 42.0 Å². The Bertz CT molecular complexity index is 853. The summed E-state index contributed by atoms with van der Waals surface area (Å²) < 4.78 is 26.7. The topological polar surface area (TPSA) is 113 Å². The highest BCUT2D eigenvalue weighted by molar-refractivity contribution is 7.89. The predicted octanol–water partition coefficient (Wildman–Crippen LogP) is 0.797. The zero-order chi connectivity index (χ0) is 18.9. The quantitative estimate of drug-likeness (QED) is 0.810. The molecule has 26 heavy (non-hydrogen) atoms. The molecule has 0 unspecified atom stereocenters. The van der Waals surface area contributed by atoms with Gasteiger partial charge in [-0.3, -0.25) is 0 Å². The van der Waals surface area contributed by atoms with Crippen LogP contribution in [0.2, 0.25) is 0 Å². The normalized spacial score (nSPS) is 16.7. The van der Waals surface area contributed by atoms with Crippen molar-refractivity contribution in [2.45, 2.75) is 24.5 Å². The molecule has 0 saturated carbocycles. The van der Waals surface area contributed by atoms with Gasteiger partial charge in [-0.05, 0) is 43.7 Å². The van der Waals surface area contributed by atoms with Crippen LogP contribution in [0.3, 0.4) is 0 Å². The van der Waals surface area contributed by atoms with Crippen molar-refractivity contribution >= 4 is 21.5 Å². The molecule has 0 atom stereocenters. The molecule has 1 aromatic carbocycles. The van der Waals surface area contributed by atoms with Gasteiger partial charge in [0.1, 0.15) is 5.82 Å². The van der Waals surface area contributed by atoms with Crippen molar-refractivity contribution in [1.29, 1.82) is 0 Å². The Balaban J connectivity index is 1.68. The lowest BCUT2D eigenvalue weighted by molar-refractivity contribution is 0.0786. The summed E-state index contributed by atoms with van der Waals surface area (Å²) in [5.74, 6) is 0.184. The molecule has 0 aliphatic carbocycles. The molecule has 2 aromatic rings. The number of piperazine rings is 1. The number of sulfonamides is 1. The van der Waals surface area contributed by atoms with E-state index in [9.17, 15) is 13.5 Å². The second kappa shape index (κ2) is 6.82. The number of aliphatic hydroxyl groups is 1. The lowest BCUT2D eigenvalue weighted by atomic mass is 9.98. The summed E-state index contributed by atoms with van der Waals surface area (Å²) in [7, 11) is -3.67. The molecule has 1 fully saturated rings. The second-order valence-corrected chi connectivity index (χ2v) is 8.68. The van der Waals surface area contributed by atoms with Crippen LogP contribution >= 0.6 is 0 Å². The van der Waals surface area contributed by atoms with Crippen LogP contribution in [0.1, 0.15) is 19.4 Å². The molecule has 3 rings (SSSR count). The summed E-state index contributed by atoms with van der Waals surface area (Å²) in [6, 6.07) is 10.5. The Morgan fingerprint density at radius 2 is 1.62 bits per heavy atom. The van der Waals surface area contributed by atoms with Crippen LogP contribution in [0.5, 0.6) is 0 Å². The van der Waals surface area contributed by atoms with E-state index in [0.717, 1.165) is 11.3 Å². The van der Waals surface area contributed by atoms with Crippen LogP contribution in [0, 0.1) is 0 Å². The van der Waals surface area contributed by atoms with E-state index in [4.69, 9.17) is 5.73 Å². The molecule has 0 spiro atoms. The van der Waals surface area contributed by atoms with Gasteiger partial charge in [0.2, 0.25) is 0 Å². The van der Waals surface area contributed by atoms with Crippen molar-refractivity contribution in [1.82, 2.24) is 14.5 Å². The van der Waals surface area contributed by atoms with Crippen molar-refractivity contribution in [2.24, 2.45) is 0 Å². The lowest BCUT2D eigenvalue weighted by Gasteiger charge is -2.35. The van der Waals surface area contributed by atoms with Crippen LogP contribution < -0.4 is 10.6 Å². The standard InChI is InChI=1S/C17H23N5O3S/c1-17(2,23)13-3-5-14(6-4-13)21-9-11-22(12-10-21)26(24,25)16-8-7-15(18)19-20-16/h3-8,23H,9-12H2,1-2H3,(H2,18,19). The fourth-order valence-corrected chi connectivity index (χ4v) is 4.16. The fourth-order valence-electron chi connectivity index (χ4n) is 2.87. The molecule has 1 aliphatic rings. The van der Waals surface area contributed by atoms with Crippen LogP contribution in [-0.4, -0.2) is 54.2 Å². The van der Waals surface area contributed by atoms with Gasteiger partial charge in [-0.2, -0.15) is 4.31 Å². The number of nitrogens with zero attached hydrogens (tertiary/aromatic N) is 4. The Morgan fingerprint density at radius 1 is 1.00 bits per heavy atom. The summed E-state index contributed by atoms with van der Waals surface area (Å²) >= 11 is 0. The predicted molar refractivity (Wildman–Crippen MR) is 99.1 cm³/mol. The number of rotatable bonds is 4. The monoisotopic (exact) mass is 377 g/mol. The Kier molecular flexibility index (Phi) is 4.87. The van der Waals surface area contributed by atoms with E-state index in [2.05, 4.69) is 15.1 Å². The largest absolute Gasteiger partial charge is 0.386 e. The van der Waals surface area contributed by atoms with Gasteiger partial charge in [0, 0.05) is 31.9 Å². The lowest BCUT2D eigenvalue weighted by Crippen LogP contribution is -2.48. The molecule has 0 amide bonds. The Hall–Kier alpha value is -2.23. The number of aromatic nitrogens is 2. The van der Waals surface area contributed by atoms with Crippen LogP contribution in [0.25, 0.3) is 0 Å². The number of hydrogen-bond donors (Lipinski definition) is 2. The van der Waals surface area contributed by atoms with Gasteiger partial charge in [-0.1, -0.05) is 12.1 Å². The van der Waals surface area contributed by atoms with Crippen molar-refractivity contribution in [3.63, 3.8) is 0 Å². The Morgan fingerprint density at radius 3 is 2.12 bits per heavy atom. The third-order valence-corrected chi connectivity index (χ3v) is 6.23. The summed E-state index contributed by atoms with van der Waals surface area (Å²) in [6.45, 7) is 5.35. The number of anilines is 2. The maximum absolute atomic E-state index is 12.6. The number of hydrogen-bond acceptors (Lipinski definition) is 7. The number of nitrogen functional groups attached to an aromatic ring is 1. The van der Waals surface area contributed by atoms with E-state index in [1.165, 1.54) is 16.4 Å². The van der Waals surface area contributed by atoms with E-state index in [1.807, 2.05) is 24.3 Å². The molecule has 8 nitrogen and oxygen atoms in total. The molecule has 2 heterocycles. The van der Waals surface area contributed by atoms with E-state index < -0.39 is 15.6 Å². The first kappa shape index (κ1) is 18.6. The van der Waals surface area contributed by atoms with E-state index >= 15 is 0 Å². The van der Waals surface area contributed by atoms with E-state index in [0.29, 0.717) is 26.2 Å². The van der Waals surface area contributed by atoms with Crippen molar-refractivity contribution < 1.29 is 13.5 Å². The van der Waals surface area contributed by atoms with Gasteiger partial charge >= 0.3 is 0 Å². The van der Waals surface area contributed by atoms with Crippen LogP contribution in [0.15, 0.2) is 41.4 Å². The smallest absolute Gasteiger partial charge is 0.262 e. The summed E-state index contributed by atoms with van der Waals surface area (Å²) in [4.78, 5) is 2.12. The first-order chi connectivity index (χ1) is 12.2.